The molecule has 52 valence electrons. The van der Waals surface area contributed by atoms with Gasteiger partial charge in [0.25, 0.3) is 0 Å². The number of aliphatic hydroxyl groups is 1. The van der Waals surface area contributed by atoms with Crippen LogP contribution in [0.2, 0.25) is 0 Å². The molecule has 0 saturated heterocycles. The third kappa shape index (κ3) is 0.596. The summed E-state index contributed by atoms with van der Waals surface area (Å²) in [5.74, 6) is 1.89. The second-order valence-electron chi connectivity index (χ2n) is 3.22. The van der Waals surface area contributed by atoms with Gasteiger partial charge in [-0.25, -0.2) is 0 Å². The number of alkyl halides is 1. The molecule has 2 aliphatic carbocycles. The summed E-state index contributed by atoms with van der Waals surface area (Å²) in [6, 6.07) is 0. The molecule has 0 amide bonds. The van der Waals surface area contributed by atoms with Gasteiger partial charge in [0.15, 0.2) is 0 Å². The molecular formula is C7H11ClO. The predicted octanol–water partition coefficient (Wildman–Crippen LogP) is 1.39. The highest BCUT2D eigenvalue weighted by Crippen LogP contribution is 2.65. The van der Waals surface area contributed by atoms with Gasteiger partial charge in [-0.2, -0.15) is 0 Å². The normalized spacial score (nSPS) is 54.0. The van der Waals surface area contributed by atoms with Crippen molar-refractivity contribution in [2.45, 2.75) is 24.9 Å². The topological polar surface area (TPSA) is 20.2 Å². The van der Waals surface area contributed by atoms with Crippen molar-refractivity contribution in [3.8, 4) is 0 Å². The van der Waals surface area contributed by atoms with Crippen LogP contribution in [0.1, 0.15) is 19.3 Å². The third-order valence-corrected chi connectivity index (χ3v) is 3.13. The zero-order chi connectivity index (χ0) is 6.48. The van der Waals surface area contributed by atoms with E-state index in [0.29, 0.717) is 17.7 Å². The molecule has 2 heteroatoms. The summed E-state index contributed by atoms with van der Waals surface area (Å²) in [4.78, 5) is 0. The lowest BCUT2D eigenvalue weighted by Crippen LogP contribution is -2.10. The van der Waals surface area contributed by atoms with Crippen molar-refractivity contribution in [3.63, 3.8) is 0 Å². The highest BCUT2D eigenvalue weighted by molar-refractivity contribution is 6.17. The molecule has 0 aromatic rings. The van der Waals surface area contributed by atoms with Crippen LogP contribution in [0.4, 0.5) is 0 Å². The molecule has 0 aromatic carbocycles. The van der Waals surface area contributed by atoms with Gasteiger partial charge in [0.2, 0.25) is 0 Å². The first-order valence-electron chi connectivity index (χ1n) is 3.57. The van der Waals surface area contributed by atoms with Crippen LogP contribution in [0.3, 0.4) is 0 Å². The van der Waals surface area contributed by atoms with Crippen LogP contribution in [0.5, 0.6) is 0 Å². The van der Waals surface area contributed by atoms with Gasteiger partial charge >= 0.3 is 0 Å². The summed E-state index contributed by atoms with van der Waals surface area (Å²) in [7, 11) is 0. The minimum atomic E-state index is -0.304. The average molecular weight is 147 g/mol. The summed E-state index contributed by atoms with van der Waals surface area (Å²) < 4.78 is 0. The largest absolute Gasteiger partial charge is 0.389 e. The first-order chi connectivity index (χ1) is 4.29. The quantitative estimate of drug-likeness (QED) is 0.584. The highest BCUT2D eigenvalue weighted by Gasteiger charge is 2.67. The molecule has 1 N–H and O–H groups in total. The van der Waals surface area contributed by atoms with E-state index in [2.05, 4.69) is 0 Å². The first-order valence-corrected chi connectivity index (χ1v) is 4.11. The Morgan fingerprint density at radius 1 is 1.44 bits per heavy atom. The minimum absolute atomic E-state index is 0.304. The van der Waals surface area contributed by atoms with Crippen LogP contribution in [0.15, 0.2) is 0 Å². The number of fused-ring (bicyclic) bond motifs is 1. The Balaban J connectivity index is 1.95. The standard InChI is InChI=1S/C7H11ClO/c8-4-3-7(9)5-1-2-6(5)7/h5-6,9H,1-4H2/t5-,6+,7?. The highest BCUT2D eigenvalue weighted by atomic mass is 35.5. The Labute approximate surface area is 60.0 Å². The number of hydrogen-bond donors (Lipinski definition) is 1. The SMILES string of the molecule is OC1(CCCl)[C@@H]2CC[C@@H]21. The second-order valence-corrected chi connectivity index (χ2v) is 3.60. The Kier molecular flexibility index (Phi) is 1.09. The van der Waals surface area contributed by atoms with E-state index in [0.717, 1.165) is 6.42 Å². The molecule has 1 unspecified atom stereocenters. The van der Waals surface area contributed by atoms with Crippen molar-refractivity contribution in [1.29, 1.82) is 0 Å². The Morgan fingerprint density at radius 3 is 2.33 bits per heavy atom. The molecule has 0 aliphatic heterocycles. The minimum Gasteiger partial charge on any atom is -0.389 e. The lowest BCUT2D eigenvalue weighted by molar-refractivity contribution is 0.127. The van der Waals surface area contributed by atoms with Gasteiger partial charge in [-0.15, -0.1) is 11.6 Å². The molecule has 2 aliphatic rings. The molecule has 0 aromatic heterocycles. The Morgan fingerprint density at radius 2 is 2.00 bits per heavy atom. The maximum absolute atomic E-state index is 9.64. The fraction of sp³-hybridized carbons (Fsp3) is 1.00. The van der Waals surface area contributed by atoms with Crippen LogP contribution >= 0.6 is 11.6 Å². The lowest BCUT2D eigenvalue weighted by atomic mass is 10.0. The zero-order valence-electron chi connectivity index (χ0n) is 5.31. The zero-order valence-corrected chi connectivity index (χ0v) is 6.06. The van der Waals surface area contributed by atoms with E-state index >= 15 is 0 Å². The molecule has 3 atom stereocenters. The molecule has 2 saturated carbocycles. The van der Waals surface area contributed by atoms with E-state index in [-0.39, 0.29) is 5.60 Å². The van der Waals surface area contributed by atoms with Crippen molar-refractivity contribution in [2.24, 2.45) is 11.8 Å². The smallest absolute Gasteiger partial charge is 0.0722 e. The van der Waals surface area contributed by atoms with Crippen molar-refractivity contribution in [3.05, 3.63) is 0 Å². The second kappa shape index (κ2) is 1.64. The molecule has 9 heavy (non-hydrogen) atoms. The van der Waals surface area contributed by atoms with E-state index in [1.165, 1.54) is 12.8 Å². The van der Waals surface area contributed by atoms with E-state index < -0.39 is 0 Å². The molecule has 1 nitrogen and oxygen atoms in total. The maximum atomic E-state index is 9.64. The molecular weight excluding hydrogens is 136 g/mol. The first kappa shape index (κ1) is 5.99. The van der Waals surface area contributed by atoms with Crippen molar-refractivity contribution < 1.29 is 5.11 Å². The fourth-order valence-electron chi connectivity index (χ4n) is 2.11. The van der Waals surface area contributed by atoms with Gasteiger partial charge in [0.1, 0.15) is 0 Å². The van der Waals surface area contributed by atoms with E-state index in [9.17, 15) is 5.11 Å². The van der Waals surface area contributed by atoms with Crippen molar-refractivity contribution in [2.75, 3.05) is 5.88 Å². The molecule has 2 rings (SSSR count). The van der Waals surface area contributed by atoms with Gasteiger partial charge in [-0.05, 0) is 31.1 Å². The Bertz CT molecular complexity index is 125. The molecule has 0 heterocycles. The van der Waals surface area contributed by atoms with E-state index in [1.807, 2.05) is 0 Å². The van der Waals surface area contributed by atoms with E-state index in [4.69, 9.17) is 11.6 Å². The van der Waals surface area contributed by atoms with Crippen LogP contribution in [0, 0.1) is 11.8 Å². The fourth-order valence-corrected chi connectivity index (χ4v) is 2.41. The van der Waals surface area contributed by atoms with Gasteiger partial charge in [-0.3, -0.25) is 0 Å². The Hall–Kier alpha value is 0.250. The molecule has 2 fully saturated rings. The van der Waals surface area contributed by atoms with Crippen LogP contribution in [0.25, 0.3) is 0 Å². The summed E-state index contributed by atoms with van der Waals surface area (Å²) in [5, 5.41) is 9.64. The van der Waals surface area contributed by atoms with Gasteiger partial charge in [-0.1, -0.05) is 0 Å². The predicted molar refractivity (Wildman–Crippen MR) is 36.5 cm³/mol. The van der Waals surface area contributed by atoms with Crippen LogP contribution in [-0.2, 0) is 0 Å². The number of rotatable bonds is 2. The van der Waals surface area contributed by atoms with E-state index in [1.54, 1.807) is 0 Å². The third-order valence-electron chi connectivity index (χ3n) is 2.94. The van der Waals surface area contributed by atoms with Crippen molar-refractivity contribution >= 4 is 11.6 Å². The van der Waals surface area contributed by atoms with Crippen LogP contribution in [-0.4, -0.2) is 16.6 Å². The number of halogens is 1. The summed E-state index contributed by atoms with van der Waals surface area (Å²) in [6.45, 7) is 0. The summed E-state index contributed by atoms with van der Waals surface area (Å²) >= 11 is 5.52. The summed E-state index contributed by atoms with van der Waals surface area (Å²) in [5.41, 5.74) is -0.304. The molecule has 0 bridgehead atoms. The van der Waals surface area contributed by atoms with Crippen molar-refractivity contribution in [1.82, 2.24) is 0 Å². The van der Waals surface area contributed by atoms with Gasteiger partial charge < -0.3 is 5.11 Å². The van der Waals surface area contributed by atoms with Gasteiger partial charge in [0.05, 0.1) is 5.60 Å². The monoisotopic (exact) mass is 146 g/mol. The maximum Gasteiger partial charge on any atom is 0.0722 e. The summed E-state index contributed by atoms with van der Waals surface area (Å²) in [6.07, 6.45) is 3.28. The van der Waals surface area contributed by atoms with Crippen LogP contribution < -0.4 is 0 Å². The molecule has 0 spiro atoms. The average Bonchev–Trinajstić information content (AvgIpc) is 1.97. The molecule has 0 radical (unpaired) electrons. The lowest BCUT2D eigenvalue weighted by Gasteiger charge is -2.03. The number of hydrogen-bond acceptors (Lipinski definition) is 1. The van der Waals surface area contributed by atoms with Gasteiger partial charge in [0, 0.05) is 5.88 Å².